The first kappa shape index (κ1) is 13.4. The molecule has 0 bridgehead atoms. The van der Waals surface area contributed by atoms with Gasteiger partial charge in [0.25, 0.3) is 0 Å². The lowest BCUT2D eigenvalue weighted by atomic mass is 10.0. The molecule has 2 nitrogen and oxygen atoms in total. The van der Waals surface area contributed by atoms with Crippen molar-refractivity contribution < 1.29 is 9.53 Å². The first-order chi connectivity index (χ1) is 8.61. The van der Waals surface area contributed by atoms with Gasteiger partial charge in [-0.1, -0.05) is 11.6 Å². The molecule has 2 aromatic rings. The summed E-state index contributed by atoms with van der Waals surface area (Å²) in [4.78, 5) is 12.2. The van der Waals surface area contributed by atoms with Crippen LogP contribution in [0.5, 0.6) is 5.75 Å². The van der Waals surface area contributed by atoms with Crippen LogP contribution >= 0.6 is 34.2 Å². The van der Waals surface area contributed by atoms with Crippen molar-refractivity contribution in [3.8, 4) is 5.75 Å². The van der Waals surface area contributed by atoms with Crippen LogP contribution in [0.15, 0.2) is 42.5 Å². The average molecular weight is 373 g/mol. The molecule has 4 heteroatoms. The highest BCUT2D eigenvalue weighted by atomic mass is 127. The monoisotopic (exact) mass is 372 g/mol. The van der Waals surface area contributed by atoms with Crippen LogP contribution in [0, 0.1) is 3.57 Å². The van der Waals surface area contributed by atoms with Gasteiger partial charge in [0.15, 0.2) is 5.78 Å². The van der Waals surface area contributed by atoms with Gasteiger partial charge in [-0.3, -0.25) is 4.79 Å². The minimum Gasteiger partial charge on any atom is -0.497 e. The molecule has 0 amide bonds. The summed E-state index contributed by atoms with van der Waals surface area (Å²) in [6, 6.07) is 12.3. The van der Waals surface area contributed by atoms with Crippen LogP contribution in [0.1, 0.15) is 15.9 Å². The van der Waals surface area contributed by atoms with Crippen molar-refractivity contribution in [1.29, 1.82) is 0 Å². The number of halogens is 2. The fourth-order valence-electron chi connectivity index (χ4n) is 1.55. The van der Waals surface area contributed by atoms with E-state index in [1.54, 1.807) is 43.5 Å². The summed E-state index contributed by atoms with van der Waals surface area (Å²) in [7, 11) is 1.59. The quantitative estimate of drug-likeness (QED) is 0.597. The van der Waals surface area contributed by atoms with Gasteiger partial charge in [0.05, 0.1) is 12.1 Å². The predicted octanol–water partition coefficient (Wildman–Crippen LogP) is 4.18. The number of hydrogen-bond acceptors (Lipinski definition) is 2. The Balaban J connectivity index is 2.32. The fourth-order valence-corrected chi connectivity index (χ4v) is 2.06. The van der Waals surface area contributed by atoms with E-state index in [0.29, 0.717) is 16.1 Å². The number of ketones is 1. The Morgan fingerprint density at radius 3 is 2.28 bits per heavy atom. The van der Waals surface area contributed by atoms with Gasteiger partial charge in [-0.2, -0.15) is 0 Å². The van der Waals surface area contributed by atoms with Crippen LogP contribution in [0.3, 0.4) is 0 Å². The van der Waals surface area contributed by atoms with Gasteiger partial charge in [-0.25, -0.2) is 0 Å². The Morgan fingerprint density at radius 2 is 1.72 bits per heavy atom. The van der Waals surface area contributed by atoms with E-state index in [1.807, 2.05) is 6.07 Å². The highest BCUT2D eigenvalue weighted by Gasteiger charge is 2.10. The third kappa shape index (κ3) is 2.84. The second-order valence-corrected chi connectivity index (χ2v) is 5.26. The molecule has 0 fully saturated rings. The maximum Gasteiger partial charge on any atom is 0.193 e. The van der Waals surface area contributed by atoms with Crippen molar-refractivity contribution in [2.45, 2.75) is 0 Å². The topological polar surface area (TPSA) is 26.3 Å². The lowest BCUT2D eigenvalue weighted by molar-refractivity contribution is 0.103. The molecule has 0 radical (unpaired) electrons. The molecule has 0 atom stereocenters. The molecule has 0 aromatic heterocycles. The highest BCUT2D eigenvalue weighted by Crippen LogP contribution is 2.22. The Hall–Kier alpha value is -1.07. The number of methoxy groups -OCH3 is 1. The molecule has 92 valence electrons. The normalized spacial score (nSPS) is 10.2. The molecular weight excluding hydrogens is 363 g/mol. The van der Waals surface area contributed by atoms with E-state index in [0.717, 1.165) is 9.32 Å². The molecule has 0 saturated carbocycles. The summed E-state index contributed by atoms with van der Waals surface area (Å²) >= 11 is 8.14. The third-order valence-electron chi connectivity index (χ3n) is 2.53. The van der Waals surface area contributed by atoms with Crippen molar-refractivity contribution in [2.75, 3.05) is 7.11 Å². The molecule has 2 aromatic carbocycles. The van der Waals surface area contributed by atoms with Crippen LogP contribution in [0.25, 0.3) is 0 Å². The highest BCUT2D eigenvalue weighted by molar-refractivity contribution is 14.1. The average Bonchev–Trinajstić information content (AvgIpc) is 2.41. The molecule has 0 aliphatic rings. The number of benzene rings is 2. The molecule has 0 aliphatic heterocycles. The number of carbonyl (C=O) groups excluding carboxylic acids is 1. The van der Waals surface area contributed by atoms with Gasteiger partial charge < -0.3 is 4.74 Å². The van der Waals surface area contributed by atoms with Crippen molar-refractivity contribution in [2.24, 2.45) is 0 Å². The summed E-state index contributed by atoms with van der Waals surface area (Å²) in [6.07, 6.45) is 0. The van der Waals surface area contributed by atoms with E-state index in [4.69, 9.17) is 16.3 Å². The van der Waals surface area contributed by atoms with Gasteiger partial charge in [0.1, 0.15) is 5.75 Å². The molecule has 0 unspecified atom stereocenters. The largest absolute Gasteiger partial charge is 0.497 e. The second kappa shape index (κ2) is 5.71. The molecule has 2 rings (SSSR count). The van der Waals surface area contributed by atoms with Crippen LogP contribution in [0.4, 0.5) is 0 Å². The van der Waals surface area contributed by atoms with Gasteiger partial charge in [0.2, 0.25) is 0 Å². The molecule has 0 N–H and O–H groups in total. The fraction of sp³-hybridized carbons (Fsp3) is 0.0714. The minimum absolute atomic E-state index is 0.0454. The van der Waals surface area contributed by atoms with E-state index >= 15 is 0 Å². The number of hydrogen-bond donors (Lipinski definition) is 0. The van der Waals surface area contributed by atoms with Crippen LogP contribution in [-0.4, -0.2) is 12.9 Å². The van der Waals surface area contributed by atoms with Crippen molar-refractivity contribution in [3.05, 3.63) is 62.2 Å². The SMILES string of the molecule is COc1ccc(C(=O)c2ccc(I)c(Cl)c2)cc1. The molecule has 0 spiro atoms. The van der Waals surface area contributed by atoms with Crippen molar-refractivity contribution >= 4 is 40.0 Å². The van der Waals surface area contributed by atoms with E-state index < -0.39 is 0 Å². The molecular formula is C14H10ClIO2. The van der Waals surface area contributed by atoms with E-state index in [9.17, 15) is 4.79 Å². The van der Waals surface area contributed by atoms with Crippen molar-refractivity contribution in [3.63, 3.8) is 0 Å². The van der Waals surface area contributed by atoms with Gasteiger partial charge in [-0.15, -0.1) is 0 Å². The minimum atomic E-state index is -0.0454. The summed E-state index contributed by atoms with van der Waals surface area (Å²) < 4.78 is 5.99. The summed E-state index contributed by atoms with van der Waals surface area (Å²) in [5.41, 5.74) is 1.21. The first-order valence-electron chi connectivity index (χ1n) is 5.25. The van der Waals surface area contributed by atoms with Crippen LogP contribution in [0.2, 0.25) is 5.02 Å². The summed E-state index contributed by atoms with van der Waals surface area (Å²) in [5.74, 6) is 0.683. The van der Waals surface area contributed by atoms with E-state index in [2.05, 4.69) is 22.6 Å². The number of ether oxygens (including phenoxy) is 1. The lowest BCUT2D eigenvalue weighted by Crippen LogP contribution is -2.01. The standard InChI is InChI=1S/C14H10ClIO2/c1-18-11-5-2-9(3-6-11)14(17)10-4-7-13(16)12(15)8-10/h2-8H,1H3. The zero-order valence-corrected chi connectivity index (χ0v) is 12.5. The molecule has 0 aliphatic carbocycles. The Labute approximate surface area is 124 Å². The smallest absolute Gasteiger partial charge is 0.193 e. The van der Waals surface area contributed by atoms with Crippen LogP contribution in [-0.2, 0) is 0 Å². The molecule has 0 heterocycles. The lowest BCUT2D eigenvalue weighted by Gasteiger charge is -2.04. The van der Waals surface area contributed by atoms with Gasteiger partial charge in [-0.05, 0) is 65.1 Å². The van der Waals surface area contributed by atoms with Gasteiger partial charge >= 0.3 is 0 Å². The number of rotatable bonds is 3. The predicted molar refractivity (Wildman–Crippen MR) is 80.6 cm³/mol. The van der Waals surface area contributed by atoms with E-state index in [-0.39, 0.29) is 5.78 Å². The second-order valence-electron chi connectivity index (χ2n) is 3.69. The number of carbonyl (C=O) groups is 1. The zero-order valence-electron chi connectivity index (χ0n) is 9.61. The molecule has 18 heavy (non-hydrogen) atoms. The Bertz CT molecular complexity index is 579. The maximum atomic E-state index is 12.2. The summed E-state index contributed by atoms with van der Waals surface area (Å²) in [5, 5.41) is 0.593. The Kier molecular flexibility index (Phi) is 4.24. The molecule has 0 saturated heterocycles. The van der Waals surface area contributed by atoms with Gasteiger partial charge in [0, 0.05) is 14.7 Å². The third-order valence-corrected chi connectivity index (χ3v) is 4.11. The van der Waals surface area contributed by atoms with E-state index in [1.165, 1.54) is 0 Å². The first-order valence-corrected chi connectivity index (χ1v) is 6.71. The Morgan fingerprint density at radius 1 is 1.11 bits per heavy atom. The zero-order chi connectivity index (χ0) is 13.1. The maximum absolute atomic E-state index is 12.2. The summed E-state index contributed by atoms with van der Waals surface area (Å²) in [6.45, 7) is 0. The van der Waals surface area contributed by atoms with Crippen LogP contribution < -0.4 is 4.74 Å². The van der Waals surface area contributed by atoms with Crippen molar-refractivity contribution in [1.82, 2.24) is 0 Å².